The molecule has 1 aliphatic rings. The lowest BCUT2D eigenvalue weighted by molar-refractivity contribution is -0.132. The molecule has 190 valence electrons. The number of hydrogen-bond donors (Lipinski definition) is 2. The van der Waals surface area contributed by atoms with E-state index < -0.39 is 23.5 Å². The first kappa shape index (κ1) is 24.9. The summed E-state index contributed by atoms with van der Waals surface area (Å²) in [4.78, 5) is 28.0. The van der Waals surface area contributed by atoms with E-state index in [1.54, 1.807) is 54.6 Å². The largest absolute Gasteiger partial charge is 0.507 e. The average molecular weight is 528 g/mol. The molecule has 0 bridgehead atoms. The maximum atomic E-state index is 13.4. The highest BCUT2D eigenvalue weighted by molar-refractivity contribution is 6.52. The number of nitrogens with zero attached hydrogens (tertiary/aromatic N) is 1. The number of Topliss-reactive ketones (excluding diaryl/α,β-unsaturated/α-hetero) is 1. The number of carbonyl (C=O) groups is 2. The van der Waals surface area contributed by atoms with Crippen LogP contribution in [-0.4, -0.2) is 29.0 Å². The van der Waals surface area contributed by atoms with E-state index in [2.05, 4.69) is 0 Å². The number of methoxy groups -OCH3 is 1. The molecule has 1 unspecified atom stereocenters. The molecule has 1 saturated heterocycles. The summed E-state index contributed by atoms with van der Waals surface area (Å²) < 4.78 is 11.2. The van der Waals surface area contributed by atoms with Gasteiger partial charge in [-0.3, -0.25) is 14.5 Å². The Morgan fingerprint density at radius 2 is 1.55 bits per heavy atom. The summed E-state index contributed by atoms with van der Waals surface area (Å²) in [5.74, 6) is -1.05. The summed E-state index contributed by atoms with van der Waals surface area (Å²) in [7, 11) is 1.46. The van der Waals surface area contributed by atoms with E-state index in [-0.39, 0.29) is 27.6 Å². The number of para-hydroxylation sites is 3. The molecule has 0 aromatic heterocycles. The standard InChI is InChI=1S/C30H22ClNO6/c1-37-20-14-15-23(31)22(17-20)28(34)26-27(32(30(36)29(26)35)24-12-5-6-13-25(24)33)18-8-7-11-21(16-18)38-19-9-3-2-4-10-19/h2-17,27,33-34H,1H3/b28-26+. The number of anilines is 1. The van der Waals surface area contributed by atoms with Crippen molar-refractivity contribution in [2.45, 2.75) is 6.04 Å². The molecule has 4 aromatic carbocycles. The molecule has 7 nitrogen and oxygen atoms in total. The molecule has 1 atom stereocenters. The van der Waals surface area contributed by atoms with Crippen molar-refractivity contribution in [3.05, 3.63) is 119 Å². The second-order valence-corrected chi connectivity index (χ2v) is 8.90. The number of carbonyl (C=O) groups excluding carboxylic acids is 2. The van der Waals surface area contributed by atoms with Gasteiger partial charge in [0.1, 0.15) is 28.8 Å². The van der Waals surface area contributed by atoms with E-state index in [4.69, 9.17) is 21.1 Å². The quantitative estimate of drug-likeness (QED) is 0.169. The van der Waals surface area contributed by atoms with E-state index in [0.717, 1.165) is 0 Å². The van der Waals surface area contributed by atoms with Crippen molar-refractivity contribution in [3.8, 4) is 23.0 Å². The maximum absolute atomic E-state index is 13.4. The third-order valence-corrected chi connectivity index (χ3v) is 6.50. The Hall–Kier alpha value is -4.75. The number of phenols is 1. The van der Waals surface area contributed by atoms with Crippen LogP contribution < -0.4 is 14.4 Å². The Kier molecular flexibility index (Phi) is 6.77. The Labute approximate surface area is 223 Å². The van der Waals surface area contributed by atoms with E-state index in [9.17, 15) is 19.8 Å². The number of ether oxygens (including phenoxy) is 2. The van der Waals surface area contributed by atoms with E-state index in [0.29, 0.717) is 22.8 Å². The number of aliphatic hydroxyl groups excluding tert-OH is 1. The third kappa shape index (κ3) is 4.55. The van der Waals surface area contributed by atoms with Crippen molar-refractivity contribution in [2.24, 2.45) is 0 Å². The molecule has 8 heteroatoms. The summed E-state index contributed by atoms with van der Waals surface area (Å²) in [6, 6.07) is 25.7. The number of phenolic OH excluding ortho intramolecular Hbond substituents is 1. The Bertz CT molecular complexity index is 1570. The van der Waals surface area contributed by atoms with Gasteiger partial charge in [-0.1, -0.05) is 54.1 Å². The van der Waals surface area contributed by atoms with Gasteiger partial charge in [-0.25, -0.2) is 0 Å². The van der Waals surface area contributed by atoms with Gasteiger partial charge in [-0.05, 0) is 60.2 Å². The van der Waals surface area contributed by atoms with Gasteiger partial charge in [0.05, 0.1) is 29.4 Å². The molecule has 1 amide bonds. The lowest BCUT2D eigenvalue weighted by atomic mass is 9.94. The number of rotatable bonds is 6. The first-order valence-corrected chi connectivity index (χ1v) is 12.0. The summed E-state index contributed by atoms with van der Waals surface area (Å²) in [5.41, 5.74) is 0.527. The number of aromatic hydroxyl groups is 1. The van der Waals surface area contributed by atoms with Gasteiger partial charge in [-0.15, -0.1) is 0 Å². The summed E-state index contributed by atoms with van der Waals surface area (Å²) in [5, 5.41) is 22.2. The summed E-state index contributed by atoms with van der Waals surface area (Å²) >= 11 is 6.38. The minimum atomic E-state index is -1.09. The molecular weight excluding hydrogens is 506 g/mol. The molecule has 0 spiro atoms. The van der Waals surface area contributed by atoms with E-state index in [1.807, 2.05) is 18.2 Å². The van der Waals surface area contributed by atoms with Crippen LogP contribution in [0.25, 0.3) is 5.76 Å². The smallest absolute Gasteiger partial charge is 0.300 e. The Balaban J connectivity index is 1.71. The van der Waals surface area contributed by atoms with Crippen LogP contribution in [0.2, 0.25) is 5.02 Å². The van der Waals surface area contributed by atoms with Crippen molar-refractivity contribution in [1.82, 2.24) is 0 Å². The van der Waals surface area contributed by atoms with E-state index in [1.165, 1.54) is 36.3 Å². The van der Waals surface area contributed by atoms with Crippen LogP contribution in [0.1, 0.15) is 17.2 Å². The van der Waals surface area contributed by atoms with Gasteiger partial charge in [-0.2, -0.15) is 0 Å². The molecule has 38 heavy (non-hydrogen) atoms. The number of aliphatic hydroxyl groups is 1. The lowest BCUT2D eigenvalue weighted by Gasteiger charge is -2.26. The zero-order valence-electron chi connectivity index (χ0n) is 20.2. The number of ketones is 1. The van der Waals surface area contributed by atoms with Gasteiger partial charge in [0.15, 0.2) is 0 Å². The van der Waals surface area contributed by atoms with Crippen LogP contribution in [0.15, 0.2) is 103 Å². The number of amides is 1. The van der Waals surface area contributed by atoms with Crippen molar-refractivity contribution < 1.29 is 29.3 Å². The van der Waals surface area contributed by atoms with Crippen LogP contribution in [0.3, 0.4) is 0 Å². The van der Waals surface area contributed by atoms with Crippen molar-refractivity contribution in [2.75, 3.05) is 12.0 Å². The molecule has 1 aliphatic heterocycles. The second-order valence-electron chi connectivity index (χ2n) is 8.49. The first-order chi connectivity index (χ1) is 18.4. The number of halogens is 1. The molecular formula is C30H22ClNO6. The normalized spacial score (nSPS) is 16.5. The van der Waals surface area contributed by atoms with Gasteiger partial charge < -0.3 is 19.7 Å². The fraction of sp³-hybridized carbons (Fsp3) is 0.0667. The molecule has 2 N–H and O–H groups in total. The fourth-order valence-corrected chi connectivity index (χ4v) is 4.60. The predicted octanol–water partition coefficient (Wildman–Crippen LogP) is 6.47. The van der Waals surface area contributed by atoms with Gasteiger partial charge in [0.2, 0.25) is 0 Å². The van der Waals surface area contributed by atoms with Crippen LogP contribution in [-0.2, 0) is 9.59 Å². The van der Waals surface area contributed by atoms with E-state index >= 15 is 0 Å². The number of benzene rings is 4. The van der Waals surface area contributed by atoms with Crippen molar-refractivity contribution in [1.29, 1.82) is 0 Å². The second kappa shape index (κ2) is 10.3. The van der Waals surface area contributed by atoms with Crippen molar-refractivity contribution in [3.63, 3.8) is 0 Å². The summed E-state index contributed by atoms with van der Waals surface area (Å²) in [6.45, 7) is 0. The Morgan fingerprint density at radius 3 is 2.29 bits per heavy atom. The molecule has 0 aliphatic carbocycles. The van der Waals surface area contributed by atoms with Gasteiger partial charge >= 0.3 is 0 Å². The monoisotopic (exact) mass is 527 g/mol. The van der Waals surface area contributed by atoms with Gasteiger partial charge in [0, 0.05) is 5.56 Å². The Morgan fingerprint density at radius 1 is 0.842 bits per heavy atom. The molecule has 0 saturated carbocycles. The molecule has 4 aromatic rings. The maximum Gasteiger partial charge on any atom is 0.300 e. The molecule has 5 rings (SSSR count). The molecule has 1 heterocycles. The SMILES string of the molecule is COc1ccc(Cl)c(/C(O)=C2\C(=O)C(=O)N(c3ccccc3O)C2c2cccc(Oc3ccccc3)c2)c1. The van der Waals surface area contributed by atoms with Crippen LogP contribution in [0, 0.1) is 0 Å². The van der Waals surface area contributed by atoms with Crippen molar-refractivity contribution >= 4 is 34.7 Å². The fourth-order valence-electron chi connectivity index (χ4n) is 4.39. The highest BCUT2D eigenvalue weighted by Gasteiger charge is 2.48. The van der Waals surface area contributed by atoms with Crippen LogP contribution in [0.4, 0.5) is 5.69 Å². The summed E-state index contributed by atoms with van der Waals surface area (Å²) in [6.07, 6.45) is 0. The lowest BCUT2D eigenvalue weighted by Crippen LogP contribution is -2.29. The van der Waals surface area contributed by atoms with Crippen LogP contribution >= 0.6 is 11.6 Å². The zero-order chi connectivity index (χ0) is 26.8. The minimum Gasteiger partial charge on any atom is -0.507 e. The number of hydrogen-bond acceptors (Lipinski definition) is 6. The first-order valence-electron chi connectivity index (χ1n) is 11.6. The predicted molar refractivity (Wildman–Crippen MR) is 144 cm³/mol. The average Bonchev–Trinajstić information content (AvgIpc) is 3.19. The van der Waals surface area contributed by atoms with Gasteiger partial charge in [0.25, 0.3) is 11.7 Å². The minimum absolute atomic E-state index is 0.116. The zero-order valence-corrected chi connectivity index (χ0v) is 20.9. The highest BCUT2D eigenvalue weighted by atomic mass is 35.5. The van der Waals surface area contributed by atoms with Crippen LogP contribution in [0.5, 0.6) is 23.0 Å². The molecule has 0 radical (unpaired) electrons. The molecule has 1 fully saturated rings. The third-order valence-electron chi connectivity index (χ3n) is 6.17. The topological polar surface area (TPSA) is 96.3 Å². The highest BCUT2D eigenvalue weighted by Crippen LogP contribution is 2.46.